The number of halogens is 1. The van der Waals surface area contributed by atoms with E-state index in [1.807, 2.05) is 18.2 Å². The van der Waals surface area contributed by atoms with Gasteiger partial charge in [0.05, 0.1) is 6.04 Å². The summed E-state index contributed by atoms with van der Waals surface area (Å²) in [5, 5.41) is 0.762. The monoisotopic (exact) mass is 282 g/mol. The van der Waals surface area contributed by atoms with Gasteiger partial charge in [0.15, 0.2) is 0 Å². The fourth-order valence-electron chi connectivity index (χ4n) is 3.18. The maximum absolute atomic E-state index is 13.3. The molecular weight excluding hydrogens is 267 g/mol. The molecule has 2 atom stereocenters. The second-order valence-corrected chi connectivity index (χ2v) is 5.48. The molecule has 3 nitrogen and oxygen atoms in total. The van der Waals surface area contributed by atoms with E-state index < -0.39 is 0 Å². The first-order chi connectivity index (χ1) is 10.3. The van der Waals surface area contributed by atoms with E-state index >= 15 is 0 Å². The number of hydrogen-bond acceptors (Lipinski definition) is 3. The lowest BCUT2D eigenvalue weighted by atomic mass is 9.73. The molecule has 0 saturated carbocycles. The minimum absolute atomic E-state index is 0.102. The van der Waals surface area contributed by atoms with Crippen molar-refractivity contribution in [3.8, 4) is 0 Å². The number of hydrogen-bond donors (Lipinski definition) is 2. The molecule has 4 heteroatoms. The standard InChI is InChI=1S/C17H15FN2O/c18-12-5-6-15-11(7-12)9-16(21-15)17(20-19)14-8-10-3-1-2-4-13(10)14/h1-7,9,14,17,20H,8,19H2. The Morgan fingerprint density at radius 1 is 1.19 bits per heavy atom. The van der Waals surface area contributed by atoms with Crippen LogP contribution in [0, 0.1) is 5.82 Å². The summed E-state index contributed by atoms with van der Waals surface area (Å²) in [5.41, 5.74) is 6.18. The van der Waals surface area contributed by atoms with E-state index in [0.717, 1.165) is 17.6 Å². The molecule has 3 aromatic rings. The molecule has 1 aliphatic carbocycles. The summed E-state index contributed by atoms with van der Waals surface area (Å²) in [5.74, 6) is 6.51. The molecule has 3 N–H and O–H groups in total. The van der Waals surface area contributed by atoms with Crippen molar-refractivity contribution in [1.82, 2.24) is 5.43 Å². The first-order valence-corrected chi connectivity index (χ1v) is 6.99. The molecule has 0 saturated heterocycles. The van der Waals surface area contributed by atoms with Gasteiger partial charge in [-0.2, -0.15) is 0 Å². The fourth-order valence-corrected chi connectivity index (χ4v) is 3.18. The lowest BCUT2D eigenvalue weighted by Gasteiger charge is -2.35. The largest absolute Gasteiger partial charge is 0.459 e. The topological polar surface area (TPSA) is 51.2 Å². The average molecular weight is 282 g/mol. The van der Waals surface area contributed by atoms with Crippen molar-refractivity contribution < 1.29 is 8.81 Å². The highest BCUT2D eigenvalue weighted by molar-refractivity contribution is 5.78. The van der Waals surface area contributed by atoms with Crippen LogP contribution in [0.2, 0.25) is 0 Å². The van der Waals surface area contributed by atoms with Gasteiger partial charge in [0.25, 0.3) is 0 Å². The van der Waals surface area contributed by atoms with Crippen LogP contribution in [0.15, 0.2) is 52.9 Å². The van der Waals surface area contributed by atoms with Crippen LogP contribution in [0.5, 0.6) is 0 Å². The maximum Gasteiger partial charge on any atom is 0.134 e. The van der Waals surface area contributed by atoms with Crippen LogP contribution in [-0.4, -0.2) is 0 Å². The van der Waals surface area contributed by atoms with E-state index in [-0.39, 0.29) is 17.8 Å². The molecular formula is C17H15FN2O. The van der Waals surface area contributed by atoms with Crippen LogP contribution in [0.25, 0.3) is 11.0 Å². The van der Waals surface area contributed by atoms with Crippen molar-refractivity contribution in [2.75, 3.05) is 0 Å². The summed E-state index contributed by atoms with van der Waals surface area (Å²) in [6, 6.07) is 14.6. The van der Waals surface area contributed by atoms with E-state index in [4.69, 9.17) is 10.3 Å². The highest BCUT2D eigenvalue weighted by atomic mass is 19.1. The number of furan rings is 1. The van der Waals surface area contributed by atoms with Crippen molar-refractivity contribution in [3.63, 3.8) is 0 Å². The van der Waals surface area contributed by atoms with Crippen LogP contribution in [0.4, 0.5) is 4.39 Å². The number of nitrogens with two attached hydrogens (primary N) is 1. The van der Waals surface area contributed by atoms with Crippen molar-refractivity contribution in [3.05, 3.63) is 71.2 Å². The third-order valence-corrected chi connectivity index (χ3v) is 4.28. The average Bonchev–Trinajstić information content (AvgIpc) is 2.87. The van der Waals surface area contributed by atoms with Gasteiger partial charge >= 0.3 is 0 Å². The first kappa shape index (κ1) is 12.6. The predicted octanol–water partition coefficient (Wildman–Crippen LogP) is 3.42. The Labute approximate surface area is 121 Å². The van der Waals surface area contributed by atoms with Crippen LogP contribution < -0.4 is 11.3 Å². The summed E-state index contributed by atoms with van der Waals surface area (Å²) >= 11 is 0. The zero-order chi connectivity index (χ0) is 14.4. The first-order valence-electron chi connectivity index (χ1n) is 6.99. The number of benzene rings is 2. The maximum atomic E-state index is 13.3. The van der Waals surface area contributed by atoms with E-state index in [1.54, 1.807) is 6.07 Å². The number of nitrogens with one attached hydrogen (secondary N) is 1. The molecule has 2 aromatic carbocycles. The van der Waals surface area contributed by atoms with Gasteiger partial charge in [0.2, 0.25) is 0 Å². The van der Waals surface area contributed by atoms with Gasteiger partial charge in [0, 0.05) is 11.3 Å². The smallest absolute Gasteiger partial charge is 0.134 e. The van der Waals surface area contributed by atoms with Gasteiger partial charge in [0.1, 0.15) is 17.2 Å². The fraction of sp³-hybridized carbons (Fsp3) is 0.176. The minimum Gasteiger partial charge on any atom is -0.459 e. The molecule has 1 aliphatic rings. The molecule has 0 bridgehead atoms. The van der Waals surface area contributed by atoms with Crippen molar-refractivity contribution in [2.45, 2.75) is 18.4 Å². The van der Waals surface area contributed by atoms with Crippen molar-refractivity contribution >= 4 is 11.0 Å². The lowest BCUT2D eigenvalue weighted by molar-refractivity contribution is 0.358. The van der Waals surface area contributed by atoms with Crippen LogP contribution >= 0.6 is 0 Å². The molecule has 0 fully saturated rings. The zero-order valence-electron chi connectivity index (χ0n) is 11.3. The molecule has 2 unspecified atom stereocenters. The molecule has 4 rings (SSSR count). The van der Waals surface area contributed by atoms with Crippen LogP contribution in [-0.2, 0) is 6.42 Å². The molecule has 0 amide bonds. The van der Waals surface area contributed by atoms with Gasteiger partial charge in [-0.3, -0.25) is 5.84 Å². The van der Waals surface area contributed by atoms with Gasteiger partial charge in [-0.15, -0.1) is 0 Å². The third-order valence-electron chi connectivity index (χ3n) is 4.28. The van der Waals surface area contributed by atoms with E-state index in [1.165, 1.54) is 23.3 Å². The highest BCUT2D eigenvalue weighted by Crippen LogP contribution is 2.44. The second-order valence-electron chi connectivity index (χ2n) is 5.48. The Kier molecular flexibility index (Phi) is 2.80. The van der Waals surface area contributed by atoms with Gasteiger partial charge in [-0.25, -0.2) is 9.82 Å². The van der Waals surface area contributed by atoms with Gasteiger partial charge in [-0.1, -0.05) is 24.3 Å². The molecule has 0 aliphatic heterocycles. The van der Waals surface area contributed by atoms with E-state index in [9.17, 15) is 4.39 Å². The molecule has 0 spiro atoms. The summed E-state index contributed by atoms with van der Waals surface area (Å²) in [6.07, 6.45) is 0.969. The summed E-state index contributed by atoms with van der Waals surface area (Å²) in [7, 11) is 0. The molecule has 0 radical (unpaired) electrons. The van der Waals surface area contributed by atoms with Crippen LogP contribution in [0.3, 0.4) is 0 Å². The molecule has 21 heavy (non-hydrogen) atoms. The van der Waals surface area contributed by atoms with Crippen molar-refractivity contribution in [2.24, 2.45) is 5.84 Å². The Bertz CT molecular complexity index is 811. The lowest BCUT2D eigenvalue weighted by Crippen LogP contribution is -2.36. The number of hydrazine groups is 1. The predicted molar refractivity (Wildman–Crippen MR) is 79.1 cm³/mol. The van der Waals surface area contributed by atoms with Gasteiger partial charge in [-0.05, 0) is 41.8 Å². The second kappa shape index (κ2) is 4.69. The highest BCUT2D eigenvalue weighted by Gasteiger charge is 2.34. The van der Waals surface area contributed by atoms with Gasteiger partial charge < -0.3 is 4.42 Å². The van der Waals surface area contributed by atoms with E-state index in [0.29, 0.717) is 5.58 Å². The molecule has 1 heterocycles. The number of rotatable bonds is 3. The Morgan fingerprint density at radius 3 is 2.86 bits per heavy atom. The Morgan fingerprint density at radius 2 is 2.05 bits per heavy atom. The normalized spacial score (nSPS) is 18.3. The van der Waals surface area contributed by atoms with Crippen LogP contribution in [0.1, 0.15) is 28.8 Å². The third kappa shape index (κ3) is 1.95. The quantitative estimate of drug-likeness (QED) is 0.571. The summed E-state index contributed by atoms with van der Waals surface area (Å²) in [6.45, 7) is 0. The minimum atomic E-state index is -0.263. The Hall–Kier alpha value is -2.17. The van der Waals surface area contributed by atoms with Crippen molar-refractivity contribution in [1.29, 1.82) is 0 Å². The molecule has 106 valence electrons. The van der Waals surface area contributed by atoms with E-state index in [2.05, 4.69) is 17.6 Å². The molecule has 1 aromatic heterocycles. The number of fused-ring (bicyclic) bond motifs is 2. The summed E-state index contributed by atoms with van der Waals surface area (Å²) < 4.78 is 19.1. The zero-order valence-corrected chi connectivity index (χ0v) is 11.3. The SMILES string of the molecule is NNC(c1cc2cc(F)ccc2o1)C1Cc2ccccc21. The summed E-state index contributed by atoms with van der Waals surface area (Å²) in [4.78, 5) is 0. The Balaban J connectivity index is 1.72.